The Bertz CT molecular complexity index is 1250. The highest BCUT2D eigenvalue weighted by molar-refractivity contribution is 7.13. The molecule has 3 fully saturated rings. The largest absolute Gasteiger partial charge is 0.393 e. The van der Waals surface area contributed by atoms with Crippen LogP contribution in [0.5, 0.6) is 0 Å². The Morgan fingerprint density at radius 2 is 1.97 bits per heavy atom. The third kappa shape index (κ3) is 3.59. The molecule has 2 aromatic heterocycles. The van der Waals surface area contributed by atoms with Crippen molar-refractivity contribution in [2.75, 3.05) is 18.9 Å². The summed E-state index contributed by atoms with van der Waals surface area (Å²) < 4.78 is 0. The SMILES string of the molecule is CN1CCC(O)(c2cccc(-c3nc(-c4ccnc(NC5CC6(CC(O)C6)C5)n4)cs3)c2)C1=O. The van der Waals surface area contributed by atoms with E-state index in [0.29, 0.717) is 35.9 Å². The summed E-state index contributed by atoms with van der Waals surface area (Å²) in [6.45, 7) is 0.537. The molecule has 8 nitrogen and oxygen atoms in total. The molecule has 1 aliphatic heterocycles. The van der Waals surface area contributed by atoms with Gasteiger partial charge in [0.05, 0.1) is 11.8 Å². The molecule has 1 aromatic carbocycles. The Kier molecular flexibility index (Phi) is 4.98. The highest BCUT2D eigenvalue weighted by Gasteiger charge is 2.52. The number of nitrogens with zero attached hydrogens (tertiary/aromatic N) is 4. The van der Waals surface area contributed by atoms with Crippen molar-refractivity contribution in [3.05, 3.63) is 47.5 Å². The number of aliphatic hydroxyl groups is 2. The molecule has 1 spiro atoms. The van der Waals surface area contributed by atoms with Crippen LogP contribution in [0.25, 0.3) is 22.0 Å². The number of likely N-dealkylation sites (N-methyl/N-ethyl adjacent to an activating group) is 1. The first-order chi connectivity index (χ1) is 16.3. The smallest absolute Gasteiger partial charge is 0.258 e. The van der Waals surface area contributed by atoms with E-state index in [0.717, 1.165) is 47.6 Å². The summed E-state index contributed by atoms with van der Waals surface area (Å²) in [4.78, 5) is 27.9. The molecule has 6 rings (SSSR count). The molecule has 0 radical (unpaired) electrons. The van der Waals surface area contributed by atoms with Crippen LogP contribution < -0.4 is 5.32 Å². The molecule has 9 heteroatoms. The molecule has 1 unspecified atom stereocenters. The summed E-state index contributed by atoms with van der Waals surface area (Å²) in [7, 11) is 1.71. The molecule has 1 saturated heterocycles. The minimum absolute atomic E-state index is 0.122. The van der Waals surface area contributed by atoms with Gasteiger partial charge in [-0.2, -0.15) is 0 Å². The Morgan fingerprint density at radius 3 is 2.71 bits per heavy atom. The zero-order chi connectivity index (χ0) is 23.5. The highest BCUT2D eigenvalue weighted by atomic mass is 32.1. The van der Waals surface area contributed by atoms with E-state index in [1.807, 2.05) is 29.6 Å². The third-order valence-electron chi connectivity index (χ3n) is 7.55. The number of nitrogens with one attached hydrogen (secondary N) is 1. The monoisotopic (exact) mass is 477 g/mol. The Hall–Kier alpha value is -2.88. The molecule has 3 heterocycles. The highest BCUT2D eigenvalue weighted by Crippen LogP contribution is 2.56. The quantitative estimate of drug-likeness (QED) is 0.518. The molecule has 0 bridgehead atoms. The van der Waals surface area contributed by atoms with Gasteiger partial charge < -0.3 is 20.4 Å². The van der Waals surface area contributed by atoms with E-state index in [1.165, 1.54) is 11.3 Å². The van der Waals surface area contributed by atoms with Crippen molar-refractivity contribution in [2.24, 2.45) is 5.41 Å². The van der Waals surface area contributed by atoms with Crippen molar-refractivity contribution < 1.29 is 15.0 Å². The fraction of sp³-hybridized carbons (Fsp3) is 0.440. The number of anilines is 1. The van der Waals surface area contributed by atoms with Gasteiger partial charge in [0.1, 0.15) is 10.7 Å². The lowest BCUT2D eigenvalue weighted by Crippen LogP contribution is -2.54. The van der Waals surface area contributed by atoms with Gasteiger partial charge >= 0.3 is 0 Å². The normalized spacial score (nSPS) is 30.3. The van der Waals surface area contributed by atoms with Gasteiger partial charge in [0.25, 0.3) is 5.91 Å². The lowest BCUT2D eigenvalue weighted by Gasteiger charge is -2.56. The first-order valence-corrected chi connectivity index (χ1v) is 12.5. The third-order valence-corrected chi connectivity index (χ3v) is 8.44. The number of hydrogen-bond donors (Lipinski definition) is 3. The standard InChI is InChI=1S/C25H27N5O3S/c1-30-8-6-25(33,22(30)32)16-4-2-3-15(9-16)21-28-20(14-34-21)19-5-7-26-23(29-19)27-17-10-24(11-17)12-18(31)13-24/h2-5,7,9,14,17-18,31,33H,6,8,10-13H2,1H3,(H,26,27,29). The lowest BCUT2D eigenvalue weighted by molar-refractivity contribution is -0.143. The Labute approximate surface area is 201 Å². The maximum Gasteiger partial charge on any atom is 0.258 e. The maximum atomic E-state index is 12.5. The number of rotatable bonds is 5. The number of carbonyl (C=O) groups excluding carboxylic acids is 1. The predicted octanol–water partition coefficient (Wildman–Crippen LogP) is 3.03. The van der Waals surface area contributed by atoms with Crippen LogP contribution in [0, 0.1) is 5.41 Å². The van der Waals surface area contributed by atoms with Gasteiger partial charge in [0.15, 0.2) is 5.60 Å². The molecule has 1 amide bonds. The van der Waals surface area contributed by atoms with Gasteiger partial charge in [0.2, 0.25) is 5.95 Å². The van der Waals surface area contributed by atoms with E-state index in [-0.39, 0.29) is 12.0 Å². The van der Waals surface area contributed by atoms with Crippen molar-refractivity contribution in [1.82, 2.24) is 19.9 Å². The Morgan fingerprint density at radius 1 is 1.15 bits per heavy atom. The number of likely N-dealkylation sites (tertiary alicyclic amines) is 1. The van der Waals surface area contributed by atoms with Crippen LogP contribution in [0.1, 0.15) is 37.7 Å². The summed E-state index contributed by atoms with van der Waals surface area (Å²) in [5, 5.41) is 26.8. The average molecular weight is 478 g/mol. The number of aliphatic hydroxyl groups excluding tert-OH is 1. The van der Waals surface area contributed by atoms with Crippen LogP contribution in [0.2, 0.25) is 0 Å². The van der Waals surface area contributed by atoms with Gasteiger partial charge in [-0.05, 0) is 48.8 Å². The van der Waals surface area contributed by atoms with Crippen LogP contribution in [-0.2, 0) is 10.4 Å². The minimum atomic E-state index is -1.48. The molecular weight excluding hydrogens is 450 g/mol. The molecular formula is C25H27N5O3S. The van der Waals surface area contributed by atoms with Crippen molar-refractivity contribution in [2.45, 2.75) is 49.9 Å². The summed E-state index contributed by atoms with van der Waals surface area (Å²) in [5.74, 6) is 0.330. The summed E-state index contributed by atoms with van der Waals surface area (Å²) in [6, 6.07) is 9.65. The van der Waals surface area contributed by atoms with Crippen molar-refractivity contribution in [3.8, 4) is 22.0 Å². The summed E-state index contributed by atoms with van der Waals surface area (Å²) >= 11 is 1.50. The predicted molar refractivity (Wildman–Crippen MR) is 129 cm³/mol. The number of thiazole rings is 1. The van der Waals surface area contributed by atoms with E-state index in [2.05, 4.69) is 15.3 Å². The number of carbonyl (C=O) groups is 1. The zero-order valence-corrected chi connectivity index (χ0v) is 19.8. The van der Waals surface area contributed by atoms with Crippen molar-refractivity contribution in [1.29, 1.82) is 0 Å². The van der Waals surface area contributed by atoms with E-state index < -0.39 is 5.60 Å². The molecule has 3 aromatic rings. The second-order valence-corrected chi connectivity index (χ2v) is 10.9. The van der Waals surface area contributed by atoms with E-state index in [4.69, 9.17) is 4.98 Å². The van der Waals surface area contributed by atoms with Gasteiger partial charge in [-0.25, -0.2) is 15.0 Å². The van der Waals surface area contributed by atoms with Crippen molar-refractivity contribution >= 4 is 23.2 Å². The van der Waals surface area contributed by atoms with Gasteiger partial charge in [-0.15, -0.1) is 11.3 Å². The van der Waals surface area contributed by atoms with E-state index >= 15 is 0 Å². The molecule has 2 saturated carbocycles. The Balaban J connectivity index is 1.18. The molecule has 1 atom stereocenters. The molecule has 176 valence electrons. The van der Waals surface area contributed by atoms with Crippen molar-refractivity contribution in [3.63, 3.8) is 0 Å². The van der Waals surface area contributed by atoms with Crippen LogP contribution in [0.4, 0.5) is 5.95 Å². The van der Waals surface area contributed by atoms with Crippen LogP contribution in [0.15, 0.2) is 41.9 Å². The maximum absolute atomic E-state index is 12.5. The van der Waals surface area contributed by atoms with Crippen LogP contribution in [0.3, 0.4) is 0 Å². The number of aromatic nitrogens is 3. The number of hydrogen-bond acceptors (Lipinski definition) is 8. The first kappa shape index (κ1) is 21.6. The number of benzene rings is 1. The fourth-order valence-electron chi connectivity index (χ4n) is 5.67. The molecule has 2 aliphatic carbocycles. The second kappa shape index (κ2) is 7.83. The average Bonchev–Trinajstić information content (AvgIpc) is 3.39. The summed E-state index contributed by atoms with van der Waals surface area (Å²) in [6.07, 6.45) is 5.94. The minimum Gasteiger partial charge on any atom is -0.393 e. The zero-order valence-electron chi connectivity index (χ0n) is 18.9. The van der Waals surface area contributed by atoms with Gasteiger partial charge in [-0.3, -0.25) is 4.79 Å². The van der Waals surface area contributed by atoms with Gasteiger partial charge in [0, 0.05) is 43.2 Å². The molecule has 3 N–H and O–H groups in total. The first-order valence-electron chi connectivity index (χ1n) is 11.7. The molecule has 3 aliphatic rings. The van der Waals surface area contributed by atoms with E-state index in [9.17, 15) is 15.0 Å². The van der Waals surface area contributed by atoms with E-state index in [1.54, 1.807) is 24.2 Å². The van der Waals surface area contributed by atoms with Crippen LogP contribution >= 0.6 is 11.3 Å². The second-order valence-electron chi connectivity index (χ2n) is 10.0. The fourth-order valence-corrected chi connectivity index (χ4v) is 6.48. The molecule has 34 heavy (non-hydrogen) atoms. The van der Waals surface area contributed by atoms with Crippen LogP contribution in [-0.4, -0.2) is 61.7 Å². The number of amides is 1. The summed E-state index contributed by atoms with van der Waals surface area (Å²) in [5.41, 5.74) is 1.82. The topological polar surface area (TPSA) is 111 Å². The lowest BCUT2D eigenvalue weighted by atomic mass is 9.53. The van der Waals surface area contributed by atoms with Gasteiger partial charge in [-0.1, -0.05) is 18.2 Å².